The first kappa shape index (κ1) is 17.4. The number of H-pyrrole nitrogens is 1. The molecule has 0 aromatic carbocycles. The lowest BCUT2D eigenvalue weighted by molar-refractivity contribution is 0.0960. The van der Waals surface area contributed by atoms with E-state index in [2.05, 4.69) is 9.97 Å². The van der Waals surface area contributed by atoms with Gasteiger partial charge in [-0.3, -0.25) is 19.1 Å². The zero-order chi connectivity index (χ0) is 19.0. The molecule has 1 aliphatic rings. The highest BCUT2D eigenvalue weighted by molar-refractivity contribution is 6.02. The van der Waals surface area contributed by atoms with Crippen LogP contribution in [0.4, 0.5) is 0 Å². The number of carbonyl (C=O) groups is 1. The first-order valence-electron chi connectivity index (χ1n) is 8.80. The largest absolute Gasteiger partial charge is 0.469 e. The number of hydrogen-bond acceptors (Lipinski definition) is 6. The smallest absolute Gasteiger partial charge is 0.329 e. The Bertz CT molecular complexity index is 1110. The molecule has 27 heavy (non-hydrogen) atoms. The molecule has 4 rings (SSSR count). The van der Waals surface area contributed by atoms with Crippen LogP contribution in [0.1, 0.15) is 40.4 Å². The number of ether oxygens (including phenoxy) is 1. The first-order chi connectivity index (χ1) is 13.1. The van der Waals surface area contributed by atoms with Crippen LogP contribution in [-0.2, 0) is 17.7 Å². The van der Waals surface area contributed by atoms with Gasteiger partial charge in [0.25, 0.3) is 5.56 Å². The van der Waals surface area contributed by atoms with Gasteiger partial charge in [-0.15, -0.1) is 0 Å². The van der Waals surface area contributed by atoms with E-state index in [0.717, 1.165) is 0 Å². The summed E-state index contributed by atoms with van der Waals surface area (Å²) in [6.07, 6.45) is 4.43. The summed E-state index contributed by atoms with van der Waals surface area (Å²) in [7, 11) is 1.59. The molecule has 0 radical (unpaired) electrons. The highest BCUT2D eigenvalue weighted by atomic mass is 16.5. The molecule has 3 heterocycles. The van der Waals surface area contributed by atoms with Crippen LogP contribution < -0.4 is 11.2 Å². The number of Topliss-reactive ketones (excluding diaryl/α,β-unsaturated/α-hetero) is 1. The molecule has 0 spiro atoms. The molecule has 1 unspecified atom stereocenters. The maximum absolute atomic E-state index is 12.6. The lowest BCUT2D eigenvalue weighted by Gasteiger charge is -2.23. The summed E-state index contributed by atoms with van der Waals surface area (Å²) in [5, 5.41) is 0.300. The Kier molecular flexibility index (Phi) is 4.49. The number of rotatable bonds is 5. The fourth-order valence-electron chi connectivity index (χ4n) is 3.71. The van der Waals surface area contributed by atoms with Gasteiger partial charge < -0.3 is 9.15 Å². The molecular formula is C19H19N3O5. The Balaban J connectivity index is 1.88. The summed E-state index contributed by atoms with van der Waals surface area (Å²) < 4.78 is 11.9. The quantitative estimate of drug-likeness (QED) is 0.685. The summed E-state index contributed by atoms with van der Waals surface area (Å²) in [5.41, 5.74) is 0.333. The molecule has 8 nitrogen and oxygen atoms in total. The predicted molar refractivity (Wildman–Crippen MR) is 97.2 cm³/mol. The highest BCUT2D eigenvalue weighted by Crippen LogP contribution is 2.34. The fourth-order valence-corrected chi connectivity index (χ4v) is 3.71. The van der Waals surface area contributed by atoms with Gasteiger partial charge >= 0.3 is 5.69 Å². The SMILES string of the molecule is COCCCn1c(=O)[nH]c(=O)c2c3c(cnc21)C(=O)CC(c1ccco1)C3. The summed E-state index contributed by atoms with van der Waals surface area (Å²) in [4.78, 5) is 44.1. The van der Waals surface area contributed by atoms with E-state index in [9.17, 15) is 14.4 Å². The zero-order valence-electron chi connectivity index (χ0n) is 14.9. The fraction of sp³-hybridized carbons (Fsp3) is 0.368. The van der Waals surface area contributed by atoms with E-state index in [4.69, 9.17) is 9.15 Å². The van der Waals surface area contributed by atoms with Crippen LogP contribution in [0, 0.1) is 0 Å². The Morgan fingerprint density at radius 3 is 2.93 bits per heavy atom. The Morgan fingerprint density at radius 2 is 2.19 bits per heavy atom. The third kappa shape index (κ3) is 3.02. The molecule has 8 heteroatoms. The molecule has 0 amide bonds. The normalized spacial score (nSPS) is 16.6. The monoisotopic (exact) mass is 369 g/mol. The summed E-state index contributed by atoms with van der Waals surface area (Å²) in [5.74, 6) is 0.492. The minimum atomic E-state index is -0.518. The number of furan rings is 1. The van der Waals surface area contributed by atoms with Crippen molar-refractivity contribution in [3.05, 3.63) is 62.3 Å². The van der Waals surface area contributed by atoms with E-state index in [1.54, 1.807) is 19.4 Å². The molecule has 1 aliphatic carbocycles. The average Bonchev–Trinajstić information content (AvgIpc) is 3.18. The van der Waals surface area contributed by atoms with Crippen LogP contribution in [0.3, 0.4) is 0 Å². The molecule has 0 fully saturated rings. The van der Waals surface area contributed by atoms with Gasteiger partial charge in [0.2, 0.25) is 0 Å². The van der Waals surface area contributed by atoms with E-state index in [0.29, 0.717) is 60.3 Å². The van der Waals surface area contributed by atoms with E-state index >= 15 is 0 Å². The van der Waals surface area contributed by atoms with Crippen molar-refractivity contribution in [1.82, 2.24) is 14.5 Å². The maximum atomic E-state index is 12.6. The number of fused-ring (bicyclic) bond motifs is 3. The number of nitrogens with zero attached hydrogens (tertiary/aromatic N) is 2. The number of aromatic nitrogens is 3. The van der Waals surface area contributed by atoms with Gasteiger partial charge in [0.1, 0.15) is 11.4 Å². The standard InChI is InChI=1S/C19H19N3O5/c1-26-6-3-5-22-17-16(18(24)21-19(22)25)12-8-11(15-4-2-7-27-15)9-14(23)13(12)10-20-17/h2,4,7,10-11H,3,5-6,8-9H2,1H3,(H,21,24,25). The lowest BCUT2D eigenvalue weighted by atomic mass is 9.81. The predicted octanol–water partition coefficient (Wildman–Crippen LogP) is 1.63. The molecule has 0 bridgehead atoms. The van der Waals surface area contributed by atoms with E-state index in [1.807, 2.05) is 6.07 Å². The van der Waals surface area contributed by atoms with Gasteiger partial charge in [-0.2, -0.15) is 0 Å². The number of methoxy groups -OCH3 is 1. The van der Waals surface area contributed by atoms with Crippen molar-refractivity contribution in [3.63, 3.8) is 0 Å². The maximum Gasteiger partial charge on any atom is 0.329 e. The Morgan fingerprint density at radius 1 is 1.33 bits per heavy atom. The average molecular weight is 369 g/mol. The Hall–Kier alpha value is -3.00. The van der Waals surface area contributed by atoms with Crippen molar-refractivity contribution in [1.29, 1.82) is 0 Å². The van der Waals surface area contributed by atoms with Gasteiger partial charge in [0.15, 0.2) is 5.78 Å². The van der Waals surface area contributed by atoms with E-state index < -0.39 is 11.2 Å². The number of ketones is 1. The molecule has 3 aromatic heterocycles. The second-order valence-corrected chi connectivity index (χ2v) is 6.65. The lowest BCUT2D eigenvalue weighted by Crippen LogP contribution is -2.33. The van der Waals surface area contributed by atoms with Crippen molar-refractivity contribution < 1.29 is 13.9 Å². The van der Waals surface area contributed by atoms with E-state index in [1.165, 1.54) is 10.8 Å². The molecule has 1 atom stereocenters. The highest BCUT2D eigenvalue weighted by Gasteiger charge is 2.31. The minimum absolute atomic E-state index is 0.0800. The van der Waals surface area contributed by atoms with Crippen molar-refractivity contribution in [3.8, 4) is 0 Å². The summed E-state index contributed by atoms with van der Waals surface area (Å²) in [6.45, 7) is 0.846. The van der Waals surface area contributed by atoms with Crippen molar-refractivity contribution in [2.75, 3.05) is 13.7 Å². The topological polar surface area (TPSA) is 107 Å². The van der Waals surface area contributed by atoms with Crippen LogP contribution in [0.5, 0.6) is 0 Å². The first-order valence-corrected chi connectivity index (χ1v) is 8.80. The van der Waals surface area contributed by atoms with Crippen LogP contribution in [-0.4, -0.2) is 34.0 Å². The number of nitrogens with one attached hydrogen (secondary N) is 1. The third-order valence-electron chi connectivity index (χ3n) is 4.97. The molecular weight excluding hydrogens is 350 g/mol. The number of pyridine rings is 1. The molecule has 0 saturated carbocycles. The van der Waals surface area contributed by atoms with Gasteiger partial charge in [-0.05, 0) is 30.5 Å². The minimum Gasteiger partial charge on any atom is -0.469 e. The molecule has 1 N–H and O–H groups in total. The second kappa shape index (κ2) is 6.96. The van der Waals surface area contributed by atoms with Gasteiger partial charge in [-0.1, -0.05) is 0 Å². The Labute approximate surface area is 153 Å². The number of aryl methyl sites for hydroxylation is 1. The van der Waals surface area contributed by atoms with Crippen molar-refractivity contribution in [2.45, 2.75) is 31.7 Å². The number of hydrogen-bond donors (Lipinski definition) is 1. The van der Waals surface area contributed by atoms with Crippen LogP contribution >= 0.6 is 0 Å². The van der Waals surface area contributed by atoms with Crippen LogP contribution in [0.2, 0.25) is 0 Å². The second-order valence-electron chi connectivity index (χ2n) is 6.65. The summed E-state index contributed by atoms with van der Waals surface area (Å²) >= 11 is 0. The third-order valence-corrected chi connectivity index (χ3v) is 4.97. The van der Waals surface area contributed by atoms with Gasteiger partial charge in [-0.25, -0.2) is 9.78 Å². The van der Waals surface area contributed by atoms with Gasteiger partial charge in [0.05, 0.1) is 11.6 Å². The van der Waals surface area contributed by atoms with Gasteiger partial charge in [0, 0.05) is 44.4 Å². The molecule has 140 valence electrons. The van der Waals surface area contributed by atoms with Crippen LogP contribution in [0.25, 0.3) is 11.0 Å². The number of carbonyl (C=O) groups excluding carboxylic acids is 1. The molecule has 0 aliphatic heterocycles. The van der Waals surface area contributed by atoms with Crippen molar-refractivity contribution in [2.24, 2.45) is 0 Å². The van der Waals surface area contributed by atoms with Crippen LogP contribution in [0.15, 0.2) is 38.6 Å². The molecule has 3 aromatic rings. The zero-order valence-corrected chi connectivity index (χ0v) is 14.9. The van der Waals surface area contributed by atoms with E-state index in [-0.39, 0.29) is 11.7 Å². The van der Waals surface area contributed by atoms with Crippen molar-refractivity contribution >= 4 is 16.8 Å². The molecule has 0 saturated heterocycles. The number of aromatic amines is 1. The summed E-state index contributed by atoms with van der Waals surface area (Å²) in [6, 6.07) is 3.61.